The highest BCUT2D eigenvalue weighted by Crippen LogP contribution is 2.23. The molecule has 0 atom stereocenters. The second-order valence-electron chi connectivity index (χ2n) is 5.49. The molecule has 0 aromatic heterocycles. The number of anilines is 1. The number of hydrogen-bond donors (Lipinski definition) is 2. The third kappa shape index (κ3) is 4.85. The summed E-state index contributed by atoms with van der Waals surface area (Å²) in [6, 6.07) is 6.61. The molecule has 0 saturated heterocycles. The Morgan fingerprint density at radius 2 is 2.10 bits per heavy atom. The molecule has 0 saturated carbocycles. The molecule has 112 valence electrons. The predicted octanol–water partition coefficient (Wildman–Crippen LogP) is 2.19. The van der Waals surface area contributed by atoms with Gasteiger partial charge in [0.2, 0.25) is 5.91 Å². The van der Waals surface area contributed by atoms with Gasteiger partial charge in [0.05, 0.1) is 6.54 Å². The van der Waals surface area contributed by atoms with Gasteiger partial charge in [-0.3, -0.25) is 4.79 Å². The first-order chi connectivity index (χ1) is 9.45. The molecule has 0 aliphatic carbocycles. The fourth-order valence-electron chi connectivity index (χ4n) is 2.27. The van der Waals surface area contributed by atoms with E-state index in [0.29, 0.717) is 0 Å². The highest BCUT2D eigenvalue weighted by molar-refractivity contribution is 5.80. The third-order valence-electron chi connectivity index (χ3n) is 3.28. The number of primary amides is 1. The molecular weight excluding hydrogens is 250 g/mol. The van der Waals surface area contributed by atoms with Gasteiger partial charge in [-0.1, -0.05) is 19.1 Å². The molecule has 0 radical (unpaired) electrons. The zero-order valence-corrected chi connectivity index (χ0v) is 13.1. The van der Waals surface area contributed by atoms with Gasteiger partial charge in [0.15, 0.2) is 0 Å². The number of carbonyl (C=O) groups is 1. The fraction of sp³-hybridized carbons (Fsp3) is 0.562. The standard InChI is InChI=1S/C16H27N3O/c1-5-8-18-10-14-6-7-15(13(4)9-14)19(12(2)3)11-16(17)20/h6-7,9,12,18H,5,8,10-11H2,1-4H3,(H2,17,20). The van der Waals surface area contributed by atoms with Crippen LogP contribution in [-0.2, 0) is 11.3 Å². The predicted molar refractivity (Wildman–Crippen MR) is 84.9 cm³/mol. The molecule has 0 bridgehead atoms. The molecule has 0 fully saturated rings. The zero-order chi connectivity index (χ0) is 15.1. The van der Waals surface area contributed by atoms with E-state index in [-0.39, 0.29) is 18.5 Å². The lowest BCUT2D eigenvalue weighted by atomic mass is 10.1. The molecule has 4 nitrogen and oxygen atoms in total. The summed E-state index contributed by atoms with van der Waals surface area (Å²) in [6.07, 6.45) is 1.14. The minimum Gasteiger partial charge on any atom is -0.368 e. The smallest absolute Gasteiger partial charge is 0.236 e. The molecule has 1 aromatic rings. The summed E-state index contributed by atoms with van der Waals surface area (Å²) < 4.78 is 0. The molecule has 1 amide bonds. The first kappa shape index (κ1) is 16.5. The maximum absolute atomic E-state index is 11.2. The maximum atomic E-state index is 11.2. The van der Waals surface area contributed by atoms with Gasteiger partial charge in [-0.2, -0.15) is 0 Å². The van der Waals surface area contributed by atoms with Crippen LogP contribution in [0.15, 0.2) is 18.2 Å². The lowest BCUT2D eigenvalue weighted by Gasteiger charge is -2.29. The van der Waals surface area contributed by atoms with E-state index < -0.39 is 0 Å². The van der Waals surface area contributed by atoms with Gasteiger partial charge < -0.3 is 16.0 Å². The average Bonchev–Trinajstić information content (AvgIpc) is 2.36. The fourth-order valence-corrected chi connectivity index (χ4v) is 2.27. The van der Waals surface area contributed by atoms with Crippen molar-refractivity contribution >= 4 is 11.6 Å². The summed E-state index contributed by atoms with van der Waals surface area (Å²) >= 11 is 0. The largest absolute Gasteiger partial charge is 0.368 e. The lowest BCUT2D eigenvalue weighted by Crippen LogP contribution is -2.39. The van der Waals surface area contributed by atoms with E-state index in [2.05, 4.69) is 51.2 Å². The van der Waals surface area contributed by atoms with Crippen LogP contribution in [0, 0.1) is 6.92 Å². The highest BCUT2D eigenvalue weighted by atomic mass is 16.1. The van der Waals surface area contributed by atoms with E-state index in [1.807, 2.05) is 4.90 Å². The molecule has 0 aliphatic rings. The van der Waals surface area contributed by atoms with Gasteiger partial charge in [0.1, 0.15) is 0 Å². The number of nitrogens with two attached hydrogens (primary N) is 1. The quantitative estimate of drug-likeness (QED) is 0.716. The molecule has 3 N–H and O–H groups in total. The highest BCUT2D eigenvalue weighted by Gasteiger charge is 2.15. The Balaban J connectivity index is 2.86. The van der Waals surface area contributed by atoms with Crippen LogP contribution in [0.2, 0.25) is 0 Å². The zero-order valence-electron chi connectivity index (χ0n) is 13.1. The van der Waals surface area contributed by atoms with Crippen molar-refractivity contribution in [2.45, 2.75) is 46.7 Å². The van der Waals surface area contributed by atoms with Gasteiger partial charge in [0, 0.05) is 18.3 Å². The minimum absolute atomic E-state index is 0.241. The Morgan fingerprint density at radius 1 is 1.40 bits per heavy atom. The second-order valence-corrected chi connectivity index (χ2v) is 5.49. The first-order valence-corrected chi connectivity index (χ1v) is 7.30. The molecule has 0 spiro atoms. The van der Waals surface area contributed by atoms with Crippen molar-refractivity contribution in [3.05, 3.63) is 29.3 Å². The van der Waals surface area contributed by atoms with Crippen molar-refractivity contribution in [1.82, 2.24) is 5.32 Å². The molecule has 0 aliphatic heterocycles. The Bertz CT molecular complexity index is 443. The summed E-state index contributed by atoms with van der Waals surface area (Å²) in [5, 5.41) is 3.39. The Hall–Kier alpha value is -1.55. The van der Waals surface area contributed by atoms with Gasteiger partial charge >= 0.3 is 0 Å². The van der Waals surface area contributed by atoms with E-state index in [4.69, 9.17) is 5.73 Å². The van der Waals surface area contributed by atoms with E-state index in [1.165, 1.54) is 11.1 Å². The molecular formula is C16H27N3O. The number of aryl methyl sites for hydroxylation is 1. The van der Waals surface area contributed by atoms with Gasteiger partial charge in [-0.25, -0.2) is 0 Å². The number of nitrogens with one attached hydrogen (secondary N) is 1. The van der Waals surface area contributed by atoms with Crippen LogP contribution in [0.4, 0.5) is 5.69 Å². The monoisotopic (exact) mass is 277 g/mol. The van der Waals surface area contributed by atoms with Crippen LogP contribution in [0.1, 0.15) is 38.3 Å². The van der Waals surface area contributed by atoms with Crippen LogP contribution >= 0.6 is 0 Å². The van der Waals surface area contributed by atoms with Crippen LogP contribution in [0.25, 0.3) is 0 Å². The van der Waals surface area contributed by atoms with Crippen molar-refractivity contribution in [2.75, 3.05) is 18.0 Å². The van der Waals surface area contributed by atoms with Crippen molar-refractivity contribution < 1.29 is 4.79 Å². The summed E-state index contributed by atoms with van der Waals surface area (Å²) in [5.74, 6) is -0.299. The molecule has 20 heavy (non-hydrogen) atoms. The summed E-state index contributed by atoms with van der Waals surface area (Å²) in [6.45, 7) is 10.5. The van der Waals surface area contributed by atoms with E-state index in [1.54, 1.807) is 0 Å². The van der Waals surface area contributed by atoms with Crippen molar-refractivity contribution in [3.8, 4) is 0 Å². The Morgan fingerprint density at radius 3 is 2.60 bits per heavy atom. The molecule has 1 rings (SSSR count). The third-order valence-corrected chi connectivity index (χ3v) is 3.28. The van der Waals surface area contributed by atoms with Crippen molar-refractivity contribution in [1.29, 1.82) is 0 Å². The SMILES string of the molecule is CCCNCc1ccc(N(CC(N)=O)C(C)C)c(C)c1. The van der Waals surface area contributed by atoms with E-state index in [0.717, 1.165) is 25.2 Å². The van der Waals surface area contributed by atoms with Gasteiger partial charge in [-0.15, -0.1) is 0 Å². The topological polar surface area (TPSA) is 58.4 Å². The summed E-state index contributed by atoms with van der Waals surface area (Å²) in [4.78, 5) is 13.3. The number of carbonyl (C=O) groups excluding carboxylic acids is 1. The maximum Gasteiger partial charge on any atom is 0.236 e. The van der Waals surface area contributed by atoms with Crippen LogP contribution in [-0.4, -0.2) is 25.0 Å². The normalized spacial score (nSPS) is 10.8. The number of nitrogens with zero attached hydrogens (tertiary/aromatic N) is 1. The Labute approximate surface area is 122 Å². The number of benzene rings is 1. The second kappa shape index (κ2) is 7.90. The summed E-state index contributed by atoms with van der Waals surface area (Å²) in [7, 11) is 0. The van der Waals surface area contributed by atoms with Gasteiger partial charge in [-0.05, 0) is 50.9 Å². The van der Waals surface area contributed by atoms with Gasteiger partial charge in [0.25, 0.3) is 0 Å². The van der Waals surface area contributed by atoms with Crippen molar-refractivity contribution in [3.63, 3.8) is 0 Å². The number of hydrogen-bond acceptors (Lipinski definition) is 3. The number of rotatable bonds is 8. The molecule has 1 aromatic carbocycles. The summed E-state index contributed by atoms with van der Waals surface area (Å²) in [5.41, 5.74) is 8.86. The van der Waals surface area contributed by atoms with Crippen LogP contribution in [0.3, 0.4) is 0 Å². The van der Waals surface area contributed by atoms with Crippen molar-refractivity contribution in [2.24, 2.45) is 5.73 Å². The average molecular weight is 277 g/mol. The first-order valence-electron chi connectivity index (χ1n) is 7.30. The van der Waals surface area contributed by atoms with Crippen LogP contribution in [0.5, 0.6) is 0 Å². The van der Waals surface area contributed by atoms with E-state index >= 15 is 0 Å². The molecule has 0 unspecified atom stereocenters. The minimum atomic E-state index is -0.299. The molecule has 0 heterocycles. The van der Waals surface area contributed by atoms with Crippen LogP contribution < -0.4 is 16.0 Å². The number of amides is 1. The molecule has 4 heteroatoms. The Kier molecular flexibility index (Phi) is 6.52. The lowest BCUT2D eigenvalue weighted by molar-refractivity contribution is -0.116. The van der Waals surface area contributed by atoms with E-state index in [9.17, 15) is 4.79 Å².